The van der Waals surface area contributed by atoms with Crippen LogP contribution in [0.3, 0.4) is 0 Å². The second-order valence-corrected chi connectivity index (χ2v) is 6.17. The maximum Gasteiger partial charge on any atom is 0.319 e. The van der Waals surface area contributed by atoms with Gasteiger partial charge in [-0.15, -0.1) is 11.3 Å². The van der Waals surface area contributed by atoms with Gasteiger partial charge in [-0.05, 0) is 37.3 Å². The number of thiazole rings is 1. The van der Waals surface area contributed by atoms with Crippen molar-refractivity contribution in [2.24, 2.45) is 0 Å². The molecule has 0 radical (unpaired) electrons. The maximum atomic E-state index is 13.1. The lowest BCUT2D eigenvalue weighted by atomic mass is 10.3. The zero-order valence-electron chi connectivity index (χ0n) is 12.9. The highest BCUT2D eigenvalue weighted by Gasteiger charge is 2.11. The Hall–Kier alpha value is -2.80. The molecule has 122 valence electrons. The molecule has 2 heterocycles. The number of carbonyl (C=O) groups excluding carboxylic acids is 1. The molecule has 2 aromatic heterocycles. The number of benzene rings is 1. The summed E-state index contributed by atoms with van der Waals surface area (Å²) in [7, 11) is 0. The molecular weight excluding hydrogens is 327 g/mol. The number of halogens is 1. The van der Waals surface area contributed by atoms with E-state index in [-0.39, 0.29) is 0 Å². The first-order chi connectivity index (χ1) is 11.6. The van der Waals surface area contributed by atoms with Gasteiger partial charge in [0.2, 0.25) is 0 Å². The standard InChI is InChI=1S/C17H15FN4OS/c1-11-15(24-16(21-11)12-4-3-7-19-9-12)10-20-17(23)22-14-6-2-5-13(18)8-14/h2-9H,10H2,1H3,(H2,20,22,23). The van der Waals surface area contributed by atoms with E-state index in [2.05, 4.69) is 20.6 Å². The Bertz CT molecular complexity index is 851. The van der Waals surface area contributed by atoms with E-state index in [0.29, 0.717) is 12.2 Å². The normalized spacial score (nSPS) is 10.4. The van der Waals surface area contributed by atoms with Crippen LogP contribution in [0.1, 0.15) is 10.6 Å². The molecular formula is C17H15FN4OS. The molecule has 1 aromatic carbocycles. The van der Waals surface area contributed by atoms with Gasteiger partial charge in [-0.1, -0.05) is 6.07 Å². The molecule has 0 saturated heterocycles. The summed E-state index contributed by atoms with van der Waals surface area (Å²) in [6.45, 7) is 2.25. The van der Waals surface area contributed by atoms with E-state index in [4.69, 9.17) is 0 Å². The summed E-state index contributed by atoms with van der Waals surface area (Å²) in [5.41, 5.74) is 2.22. The lowest BCUT2D eigenvalue weighted by molar-refractivity contribution is 0.252. The van der Waals surface area contributed by atoms with Crippen molar-refractivity contribution in [1.82, 2.24) is 15.3 Å². The summed E-state index contributed by atoms with van der Waals surface area (Å²) in [5.74, 6) is -0.396. The van der Waals surface area contributed by atoms with Crippen LogP contribution in [0.25, 0.3) is 10.6 Å². The summed E-state index contributed by atoms with van der Waals surface area (Å²) < 4.78 is 13.1. The van der Waals surface area contributed by atoms with Crippen LogP contribution in [0.5, 0.6) is 0 Å². The molecule has 7 heteroatoms. The van der Waals surface area contributed by atoms with Crippen LogP contribution in [-0.2, 0) is 6.54 Å². The number of nitrogens with one attached hydrogen (secondary N) is 2. The molecule has 0 aliphatic rings. The first-order valence-electron chi connectivity index (χ1n) is 7.29. The van der Waals surface area contributed by atoms with Crippen LogP contribution in [0.4, 0.5) is 14.9 Å². The zero-order chi connectivity index (χ0) is 16.9. The number of urea groups is 1. The van der Waals surface area contributed by atoms with Crippen molar-refractivity contribution >= 4 is 23.1 Å². The Balaban J connectivity index is 1.62. The first kappa shape index (κ1) is 16.1. The second kappa shape index (κ2) is 7.18. The van der Waals surface area contributed by atoms with E-state index in [0.717, 1.165) is 21.1 Å². The Kier molecular flexibility index (Phi) is 4.81. The lowest BCUT2D eigenvalue weighted by Crippen LogP contribution is -2.28. The van der Waals surface area contributed by atoms with Crippen molar-refractivity contribution in [1.29, 1.82) is 0 Å². The van der Waals surface area contributed by atoms with Gasteiger partial charge < -0.3 is 10.6 Å². The molecule has 0 unspecified atom stereocenters. The summed E-state index contributed by atoms with van der Waals surface area (Å²) in [6, 6.07) is 9.16. The van der Waals surface area contributed by atoms with Crippen molar-refractivity contribution in [2.45, 2.75) is 13.5 Å². The number of aromatic nitrogens is 2. The largest absolute Gasteiger partial charge is 0.333 e. The molecule has 0 atom stereocenters. The molecule has 2 amide bonds. The topological polar surface area (TPSA) is 66.9 Å². The fourth-order valence-electron chi connectivity index (χ4n) is 2.11. The minimum atomic E-state index is -0.396. The highest BCUT2D eigenvalue weighted by molar-refractivity contribution is 7.15. The smallest absolute Gasteiger partial charge is 0.319 e. The molecule has 24 heavy (non-hydrogen) atoms. The van der Waals surface area contributed by atoms with Gasteiger partial charge in [0, 0.05) is 28.5 Å². The van der Waals surface area contributed by atoms with E-state index >= 15 is 0 Å². The number of pyridine rings is 1. The molecule has 0 spiro atoms. The summed E-state index contributed by atoms with van der Waals surface area (Å²) in [5, 5.41) is 6.21. The van der Waals surface area contributed by atoms with Crippen molar-refractivity contribution in [3.05, 3.63) is 65.2 Å². The van der Waals surface area contributed by atoms with Gasteiger partial charge in [-0.3, -0.25) is 4.98 Å². The van der Waals surface area contributed by atoms with Crippen molar-refractivity contribution in [2.75, 3.05) is 5.32 Å². The van der Waals surface area contributed by atoms with Crippen molar-refractivity contribution < 1.29 is 9.18 Å². The van der Waals surface area contributed by atoms with Crippen LogP contribution >= 0.6 is 11.3 Å². The third kappa shape index (κ3) is 3.94. The Morgan fingerprint density at radius 3 is 2.92 bits per heavy atom. The average molecular weight is 342 g/mol. The number of carbonyl (C=O) groups is 1. The van der Waals surface area contributed by atoms with E-state index in [1.165, 1.54) is 23.5 Å². The molecule has 3 aromatic rings. The van der Waals surface area contributed by atoms with Gasteiger partial charge in [0.25, 0.3) is 0 Å². The predicted octanol–water partition coefficient (Wildman–Crippen LogP) is 3.97. The number of hydrogen-bond donors (Lipinski definition) is 2. The Morgan fingerprint density at radius 1 is 1.29 bits per heavy atom. The Morgan fingerprint density at radius 2 is 2.17 bits per heavy atom. The highest BCUT2D eigenvalue weighted by Crippen LogP contribution is 2.27. The Labute approximate surface area is 142 Å². The third-order valence-corrected chi connectivity index (χ3v) is 4.50. The van der Waals surface area contributed by atoms with Crippen LogP contribution in [0.2, 0.25) is 0 Å². The molecule has 0 aliphatic heterocycles. The summed E-state index contributed by atoms with van der Waals surface area (Å²) in [6.07, 6.45) is 3.47. The monoisotopic (exact) mass is 342 g/mol. The molecule has 2 N–H and O–H groups in total. The number of anilines is 1. The third-order valence-electron chi connectivity index (χ3n) is 3.29. The molecule has 5 nitrogen and oxygen atoms in total. The van der Waals surface area contributed by atoms with Gasteiger partial charge in [-0.2, -0.15) is 0 Å². The van der Waals surface area contributed by atoms with E-state index < -0.39 is 11.8 Å². The van der Waals surface area contributed by atoms with Crippen molar-refractivity contribution in [3.63, 3.8) is 0 Å². The van der Waals surface area contributed by atoms with Crippen LogP contribution in [0, 0.1) is 12.7 Å². The van der Waals surface area contributed by atoms with Gasteiger partial charge >= 0.3 is 6.03 Å². The zero-order valence-corrected chi connectivity index (χ0v) is 13.7. The van der Waals surface area contributed by atoms with E-state index in [1.807, 2.05) is 19.1 Å². The lowest BCUT2D eigenvalue weighted by Gasteiger charge is -2.07. The summed E-state index contributed by atoms with van der Waals surface area (Å²) in [4.78, 5) is 21.5. The minimum Gasteiger partial charge on any atom is -0.333 e. The second-order valence-electron chi connectivity index (χ2n) is 5.09. The van der Waals surface area contributed by atoms with Crippen LogP contribution < -0.4 is 10.6 Å². The van der Waals surface area contributed by atoms with Gasteiger partial charge in [0.1, 0.15) is 10.8 Å². The highest BCUT2D eigenvalue weighted by atomic mass is 32.1. The number of rotatable bonds is 4. The first-order valence-corrected chi connectivity index (χ1v) is 8.10. The molecule has 0 saturated carbocycles. The number of nitrogens with zero attached hydrogens (tertiary/aromatic N) is 2. The fourth-order valence-corrected chi connectivity index (χ4v) is 3.10. The van der Waals surface area contributed by atoms with Crippen molar-refractivity contribution in [3.8, 4) is 10.6 Å². The number of amides is 2. The van der Waals surface area contributed by atoms with E-state index in [9.17, 15) is 9.18 Å². The number of hydrogen-bond acceptors (Lipinski definition) is 4. The van der Waals surface area contributed by atoms with Gasteiger partial charge in [-0.25, -0.2) is 14.2 Å². The van der Waals surface area contributed by atoms with Crippen LogP contribution in [-0.4, -0.2) is 16.0 Å². The average Bonchev–Trinajstić information content (AvgIpc) is 2.95. The minimum absolute atomic E-state index is 0.352. The predicted molar refractivity (Wildman–Crippen MR) is 92.3 cm³/mol. The SMILES string of the molecule is Cc1nc(-c2cccnc2)sc1CNC(=O)Nc1cccc(F)c1. The molecule has 0 aliphatic carbocycles. The maximum absolute atomic E-state index is 13.1. The van der Waals surface area contributed by atoms with E-state index in [1.54, 1.807) is 24.5 Å². The molecule has 3 rings (SSSR count). The van der Waals surface area contributed by atoms with Crippen LogP contribution in [0.15, 0.2) is 48.8 Å². The number of aryl methyl sites for hydroxylation is 1. The molecule has 0 fully saturated rings. The van der Waals surface area contributed by atoms with Gasteiger partial charge in [0.05, 0.1) is 12.2 Å². The quantitative estimate of drug-likeness (QED) is 0.754. The molecule has 0 bridgehead atoms. The summed E-state index contributed by atoms with van der Waals surface area (Å²) >= 11 is 1.51. The van der Waals surface area contributed by atoms with Gasteiger partial charge in [0.15, 0.2) is 0 Å². The fraction of sp³-hybridized carbons (Fsp3) is 0.118.